The Morgan fingerprint density at radius 3 is 1.03 bits per heavy atom. The summed E-state index contributed by atoms with van der Waals surface area (Å²) >= 11 is 0. The van der Waals surface area contributed by atoms with Crippen molar-refractivity contribution in [1.82, 2.24) is 0 Å². The van der Waals surface area contributed by atoms with E-state index in [1.807, 2.05) is 91.0 Å². The van der Waals surface area contributed by atoms with Gasteiger partial charge in [-0.25, -0.2) is 0 Å². The lowest BCUT2D eigenvalue weighted by Crippen LogP contribution is -2.36. The molecule has 0 atom stereocenters. The Kier molecular flexibility index (Phi) is 8.45. The van der Waals surface area contributed by atoms with E-state index in [1.54, 1.807) is 0 Å². The molecule has 1 nitrogen and oxygen atoms in total. The zero-order chi connectivity index (χ0) is 28.2. The van der Waals surface area contributed by atoms with E-state index in [2.05, 4.69) is 0 Å². The number of hydrogen-bond acceptors (Lipinski definition) is 1. The first kappa shape index (κ1) is 29.0. The van der Waals surface area contributed by atoms with Crippen LogP contribution in [0.2, 0.25) is 0 Å². The molecular formula is C26H18BF9OS. The fourth-order valence-corrected chi connectivity index (χ4v) is 5.85. The third-order valence-corrected chi connectivity index (χ3v) is 8.02. The average molecular weight is 560 g/mol. The number of benzene rings is 4. The van der Waals surface area contributed by atoms with E-state index < -0.39 is 45.9 Å². The minimum Gasteiger partial charge on any atom is -0.445 e. The van der Waals surface area contributed by atoms with Gasteiger partial charge in [-0.1, -0.05) is 70.9 Å². The minimum absolute atomic E-state index is 0.338. The van der Waals surface area contributed by atoms with Crippen molar-refractivity contribution >= 4 is 22.4 Å². The van der Waals surface area contributed by atoms with Crippen molar-refractivity contribution in [2.24, 2.45) is 0 Å². The molecule has 38 heavy (non-hydrogen) atoms. The maximum Gasteiger partial charge on any atom is 0.509 e. The van der Waals surface area contributed by atoms with Crippen LogP contribution in [0.4, 0.5) is 39.3 Å². The topological polar surface area (TPSA) is 17.1 Å². The molecule has 0 N–H and O–H groups in total. The van der Waals surface area contributed by atoms with Crippen LogP contribution in [0.25, 0.3) is 0 Å². The molecule has 0 aliphatic rings. The van der Waals surface area contributed by atoms with E-state index in [4.69, 9.17) is 0 Å². The lowest BCUT2D eigenvalue weighted by Gasteiger charge is -2.19. The van der Waals surface area contributed by atoms with Crippen molar-refractivity contribution in [3.05, 3.63) is 120 Å². The van der Waals surface area contributed by atoms with Crippen molar-refractivity contribution in [2.45, 2.75) is 27.0 Å². The molecule has 0 saturated heterocycles. The van der Waals surface area contributed by atoms with Crippen LogP contribution in [0.3, 0.4) is 0 Å². The summed E-state index contributed by atoms with van der Waals surface area (Å²) in [6.45, 7) is -5.95. The van der Waals surface area contributed by atoms with Crippen LogP contribution >= 0.6 is 0 Å². The van der Waals surface area contributed by atoms with Crippen LogP contribution < -0.4 is 5.46 Å². The molecule has 0 fully saturated rings. The summed E-state index contributed by atoms with van der Waals surface area (Å²) in [5, 5.41) is 0. The van der Waals surface area contributed by atoms with Gasteiger partial charge < -0.3 is 12.9 Å². The standard InChI is InChI=1S/C18H15OS.C8H3BF9/c19-20(16-10-4-1-5-11-16,17-12-6-2-7-13-17)18-14-8-3-9-15-18;10-7(11,12)4-1-5(8(13,14)15)3-6(2-4)9(16,17)18/h1-15H;1-3H/q+1;-1. The minimum atomic E-state index is -5.95. The van der Waals surface area contributed by atoms with Gasteiger partial charge in [0, 0.05) is 0 Å². The van der Waals surface area contributed by atoms with Crippen molar-refractivity contribution in [3.63, 3.8) is 0 Å². The molecule has 0 saturated carbocycles. The third-order valence-electron chi connectivity index (χ3n) is 5.21. The molecule has 0 aliphatic carbocycles. The highest BCUT2D eigenvalue weighted by Gasteiger charge is 2.39. The molecule has 0 unspecified atom stereocenters. The van der Waals surface area contributed by atoms with Gasteiger partial charge in [-0.15, -0.1) is 5.46 Å². The summed E-state index contributed by atoms with van der Waals surface area (Å²) in [7, 11) is -2.43. The van der Waals surface area contributed by atoms with Crippen molar-refractivity contribution in [3.8, 4) is 0 Å². The number of hydrogen-bond donors (Lipinski definition) is 0. The van der Waals surface area contributed by atoms with Crippen molar-refractivity contribution < 1.29 is 43.5 Å². The fourth-order valence-electron chi connectivity index (χ4n) is 3.41. The summed E-state index contributed by atoms with van der Waals surface area (Å²) in [6.07, 6.45) is -10.6. The Bertz CT molecular complexity index is 1200. The zero-order valence-electron chi connectivity index (χ0n) is 19.2. The molecular weight excluding hydrogens is 542 g/mol. The molecule has 0 radical (unpaired) electrons. The largest absolute Gasteiger partial charge is 0.509 e. The Labute approximate surface area is 213 Å². The molecule has 0 aromatic heterocycles. The molecule has 0 bridgehead atoms. The third kappa shape index (κ3) is 6.86. The van der Waals surface area contributed by atoms with Crippen molar-refractivity contribution in [1.29, 1.82) is 0 Å². The van der Waals surface area contributed by atoms with Gasteiger partial charge in [0.2, 0.25) is 0 Å². The van der Waals surface area contributed by atoms with E-state index >= 15 is 0 Å². The van der Waals surface area contributed by atoms with E-state index in [0.717, 1.165) is 14.7 Å². The SMILES string of the molecule is F[B-](F)(F)c1cc(C(F)(F)F)cc(C(F)(F)F)c1.O=[S+](c1ccccc1)(c1ccccc1)c1ccccc1. The molecule has 0 amide bonds. The first-order valence-corrected chi connectivity index (χ1v) is 12.4. The maximum atomic E-state index is 13.8. The summed E-state index contributed by atoms with van der Waals surface area (Å²) in [5.74, 6) is 0. The molecule has 4 aromatic rings. The maximum absolute atomic E-state index is 13.8. The first-order valence-electron chi connectivity index (χ1n) is 10.8. The van der Waals surface area contributed by atoms with Gasteiger partial charge in [0.05, 0.1) is 11.1 Å². The Hall–Kier alpha value is -3.54. The highest BCUT2D eigenvalue weighted by Crippen LogP contribution is 2.37. The summed E-state index contributed by atoms with van der Waals surface area (Å²) in [5.41, 5.74) is -5.89. The van der Waals surface area contributed by atoms with Gasteiger partial charge in [-0.05, 0) is 42.5 Å². The molecule has 200 valence electrons. The van der Waals surface area contributed by atoms with Crippen LogP contribution in [0, 0.1) is 0 Å². The molecule has 4 rings (SSSR count). The summed E-state index contributed by atoms with van der Waals surface area (Å²) in [4.78, 5) is 2.53. The quantitative estimate of drug-likeness (QED) is 0.139. The molecule has 12 heteroatoms. The highest BCUT2D eigenvalue weighted by atomic mass is 32.2. The smallest absolute Gasteiger partial charge is 0.445 e. The van der Waals surface area contributed by atoms with Crippen molar-refractivity contribution in [2.75, 3.05) is 0 Å². The van der Waals surface area contributed by atoms with Gasteiger partial charge in [-0.2, -0.15) is 26.3 Å². The van der Waals surface area contributed by atoms with Gasteiger partial charge >= 0.3 is 19.3 Å². The van der Waals surface area contributed by atoms with Crippen LogP contribution in [-0.4, -0.2) is 6.98 Å². The van der Waals surface area contributed by atoms with Crippen LogP contribution in [0.5, 0.6) is 0 Å². The first-order chi connectivity index (χ1) is 17.6. The number of halogens is 9. The average Bonchev–Trinajstić information content (AvgIpc) is 2.88. The summed E-state index contributed by atoms with van der Waals surface area (Å²) < 4.78 is 124. The van der Waals surface area contributed by atoms with Crippen LogP contribution in [0.15, 0.2) is 124 Å². The monoisotopic (exact) mass is 560 g/mol. The zero-order valence-corrected chi connectivity index (χ0v) is 20.0. The Morgan fingerprint density at radius 2 is 0.789 bits per heavy atom. The lowest BCUT2D eigenvalue weighted by atomic mass is 9.78. The Balaban J connectivity index is 0.000000212. The number of rotatable bonds is 4. The van der Waals surface area contributed by atoms with Gasteiger partial charge in [-0.3, -0.25) is 0 Å². The second kappa shape index (κ2) is 11.1. The van der Waals surface area contributed by atoms with E-state index in [-0.39, 0.29) is 18.2 Å². The fraction of sp³-hybridized carbons (Fsp3) is 0.0769. The second-order valence-electron chi connectivity index (χ2n) is 7.91. The van der Waals surface area contributed by atoms with E-state index in [1.165, 1.54) is 0 Å². The lowest BCUT2D eigenvalue weighted by molar-refractivity contribution is -0.142. The second-order valence-corrected chi connectivity index (χ2v) is 10.4. The summed E-state index contributed by atoms with van der Waals surface area (Å²) in [6, 6.07) is 28.0. The van der Waals surface area contributed by atoms with Gasteiger partial charge in [0.1, 0.15) is 0 Å². The van der Waals surface area contributed by atoms with Crippen LogP contribution in [0.1, 0.15) is 11.1 Å². The van der Waals surface area contributed by atoms with E-state index in [9.17, 15) is 43.5 Å². The molecule has 4 aromatic carbocycles. The number of alkyl halides is 6. The normalized spacial score (nSPS) is 12.4. The van der Waals surface area contributed by atoms with E-state index in [0.29, 0.717) is 0 Å². The molecule has 0 heterocycles. The predicted octanol–water partition coefficient (Wildman–Crippen LogP) is 8.44. The van der Waals surface area contributed by atoms with Crippen LogP contribution in [-0.2, 0) is 26.5 Å². The van der Waals surface area contributed by atoms with Gasteiger partial charge in [0.25, 0.3) is 0 Å². The predicted molar refractivity (Wildman–Crippen MR) is 127 cm³/mol. The highest BCUT2D eigenvalue weighted by molar-refractivity contribution is 8.03. The molecule has 0 spiro atoms. The van der Waals surface area contributed by atoms with Gasteiger partial charge in [0.15, 0.2) is 24.6 Å². The Morgan fingerprint density at radius 1 is 0.500 bits per heavy atom. The molecule has 0 aliphatic heterocycles.